The Morgan fingerprint density at radius 2 is 1.85 bits per heavy atom. The highest BCUT2D eigenvalue weighted by molar-refractivity contribution is 7.98. The Kier molecular flexibility index (Phi) is 4.95. The number of carbonyl (C=O) groups is 1. The SMILES string of the molecule is CSc1nc2nc(C)c(CC(=O)Nc3c(C)cc(C)nc3C)c(C)n2n1. The summed E-state index contributed by atoms with van der Waals surface area (Å²) in [5.74, 6) is 0.460. The lowest BCUT2D eigenvalue weighted by Gasteiger charge is -2.14. The zero-order chi connectivity index (χ0) is 19.0. The monoisotopic (exact) mass is 370 g/mol. The Balaban J connectivity index is 1.90. The minimum Gasteiger partial charge on any atom is -0.324 e. The molecule has 0 saturated heterocycles. The number of rotatable bonds is 4. The van der Waals surface area contributed by atoms with Gasteiger partial charge in [-0.25, -0.2) is 9.50 Å². The van der Waals surface area contributed by atoms with E-state index < -0.39 is 0 Å². The summed E-state index contributed by atoms with van der Waals surface area (Å²) >= 11 is 1.47. The van der Waals surface area contributed by atoms with Gasteiger partial charge in [-0.15, -0.1) is 5.10 Å². The van der Waals surface area contributed by atoms with Gasteiger partial charge in [-0.05, 0) is 52.5 Å². The molecule has 0 spiro atoms. The molecule has 3 heterocycles. The molecule has 1 amide bonds. The Hall–Kier alpha value is -2.48. The number of aryl methyl sites for hydroxylation is 5. The maximum absolute atomic E-state index is 12.7. The van der Waals surface area contributed by atoms with Crippen LogP contribution in [0, 0.1) is 34.6 Å². The van der Waals surface area contributed by atoms with Crippen LogP contribution in [-0.4, -0.2) is 36.7 Å². The molecule has 3 aromatic rings. The first-order valence-corrected chi connectivity index (χ1v) is 9.54. The van der Waals surface area contributed by atoms with Crippen LogP contribution in [0.5, 0.6) is 0 Å². The smallest absolute Gasteiger partial charge is 0.253 e. The van der Waals surface area contributed by atoms with Crippen molar-refractivity contribution < 1.29 is 4.79 Å². The lowest BCUT2D eigenvalue weighted by atomic mass is 10.1. The lowest BCUT2D eigenvalue weighted by Crippen LogP contribution is -2.19. The van der Waals surface area contributed by atoms with Crippen molar-refractivity contribution >= 4 is 29.1 Å². The van der Waals surface area contributed by atoms with Crippen molar-refractivity contribution in [3.8, 4) is 0 Å². The molecule has 0 atom stereocenters. The number of anilines is 1. The summed E-state index contributed by atoms with van der Waals surface area (Å²) in [6.07, 6.45) is 2.15. The summed E-state index contributed by atoms with van der Waals surface area (Å²) in [5, 5.41) is 8.09. The Morgan fingerprint density at radius 1 is 1.12 bits per heavy atom. The minimum absolute atomic E-state index is 0.0978. The topological polar surface area (TPSA) is 85.1 Å². The second-order valence-corrected chi connectivity index (χ2v) is 7.11. The van der Waals surface area contributed by atoms with Crippen LogP contribution >= 0.6 is 11.8 Å². The third-order valence-corrected chi connectivity index (χ3v) is 4.88. The first-order chi connectivity index (χ1) is 12.3. The third kappa shape index (κ3) is 3.41. The molecule has 8 heteroatoms. The largest absolute Gasteiger partial charge is 0.324 e. The molecule has 0 aliphatic rings. The number of nitrogens with one attached hydrogen (secondary N) is 1. The molecule has 7 nitrogen and oxygen atoms in total. The summed E-state index contributed by atoms with van der Waals surface area (Å²) in [4.78, 5) is 26.0. The Labute approximate surface area is 156 Å². The van der Waals surface area contributed by atoms with Crippen LogP contribution in [0.15, 0.2) is 11.2 Å². The molecule has 0 fully saturated rings. The normalized spacial score (nSPS) is 11.2. The quantitative estimate of drug-likeness (QED) is 0.711. The van der Waals surface area contributed by atoms with Crippen molar-refractivity contribution in [2.24, 2.45) is 0 Å². The van der Waals surface area contributed by atoms with Crippen molar-refractivity contribution in [1.29, 1.82) is 0 Å². The summed E-state index contributed by atoms with van der Waals surface area (Å²) < 4.78 is 1.70. The van der Waals surface area contributed by atoms with Gasteiger partial charge in [0, 0.05) is 22.6 Å². The van der Waals surface area contributed by atoms with E-state index in [2.05, 4.69) is 25.4 Å². The molecule has 3 aromatic heterocycles. The van der Waals surface area contributed by atoms with Gasteiger partial charge in [-0.1, -0.05) is 11.8 Å². The number of nitrogens with zero attached hydrogens (tertiary/aromatic N) is 5. The molecule has 0 bridgehead atoms. The molecule has 1 N–H and O–H groups in total. The summed E-state index contributed by atoms with van der Waals surface area (Å²) in [7, 11) is 0. The van der Waals surface area contributed by atoms with E-state index in [-0.39, 0.29) is 12.3 Å². The van der Waals surface area contributed by atoms with E-state index in [9.17, 15) is 4.79 Å². The molecule has 0 unspecified atom stereocenters. The molecule has 0 aliphatic heterocycles. The first kappa shape index (κ1) is 18.3. The number of aromatic nitrogens is 5. The first-order valence-electron chi connectivity index (χ1n) is 8.31. The molecule has 3 rings (SSSR count). The van der Waals surface area contributed by atoms with Crippen LogP contribution in [0.4, 0.5) is 5.69 Å². The van der Waals surface area contributed by atoms with Crippen molar-refractivity contribution in [3.63, 3.8) is 0 Å². The molecule has 0 aromatic carbocycles. The highest BCUT2D eigenvalue weighted by Gasteiger charge is 2.17. The van der Waals surface area contributed by atoms with E-state index in [1.165, 1.54) is 11.8 Å². The van der Waals surface area contributed by atoms with E-state index in [0.717, 1.165) is 39.6 Å². The lowest BCUT2D eigenvalue weighted by molar-refractivity contribution is -0.115. The Morgan fingerprint density at radius 3 is 2.50 bits per heavy atom. The third-order valence-electron chi connectivity index (χ3n) is 4.34. The van der Waals surface area contributed by atoms with E-state index in [1.807, 2.05) is 46.9 Å². The van der Waals surface area contributed by atoms with Gasteiger partial charge in [-0.2, -0.15) is 4.98 Å². The van der Waals surface area contributed by atoms with Gasteiger partial charge >= 0.3 is 0 Å². The van der Waals surface area contributed by atoms with Gasteiger partial charge in [0.1, 0.15) is 0 Å². The van der Waals surface area contributed by atoms with Crippen molar-refractivity contribution in [1.82, 2.24) is 24.6 Å². The van der Waals surface area contributed by atoms with Crippen LogP contribution in [-0.2, 0) is 11.2 Å². The molecule has 0 aliphatic carbocycles. The van der Waals surface area contributed by atoms with Crippen LogP contribution in [0.3, 0.4) is 0 Å². The predicted octanol–water partition coefficient (Wildman–Crippen LogP) is 2.96. The molecule has 0 saturated carbocycles. The summed E-state index contributed by atoms with van der Waals surface area (Å²) in [6, 6.07) is 1.96. The fourth-order valence-electron chi connectivity index (χ4n) is 3.09. The highest BCUT2D eigenvalue weighted by Crippen LogP contribution is 2.21. The molecule has 26 heavy (non-hydrogen) atoms. The fraction of sp³-hybridized carbons (Fsp3) is 0.389. The predicted molar refractivity (Wildman–Crippen MR) is 103 cm³/mol. The average molecular weight is 370 g/mol. The second-order valence-electron chi connectivity index (χ2n) is 6.34. The van der Waals surface area contributed by atoms with Crippen LogP contribution < -0.4 is 5.32 Å². The highest BCUT2D eigenvalue weighted by atomic mass is 32.2. The molecular formula is C18H22N6OS. The minimum atomic E-state index is -0.0978. The van der Waals surface area contributed by atoms with Gasteiger partial charge in [-0.3, -0.25) is 9.78 Å². The number of pyridine rings is 1. The van der Waals surface area contributed by atoms with E-state index in [0.29, 0.717) is 10.9 Å². The summed E-state index contributed by atoms with van der Waals surface area (Å²) in [6.45, 7) is 9.65. The summed E-state index contributed by atoms with van der Waals surface area (Å²) in [5.41, 5.74) is 6.07. The maximum atomic E-state index is 12.7. The number of carbonyl (C=O) groups excluding carboxylic acids is 1. The van der Waals surface area contributed by atoms with Crippen LogP contribution in [0.1, 0.15) is 33.9 Å². The molecule has 136 valence electrons. The van der Waals surface area contributed by atoms with Crippen molar-refractivity contribution in [3.05, 3.63) is 40.0 Å². The average Bonchev–Trinajstić information content (AvgIpc) is 2.98. The van der Waals surface area contributed by atoms with Crippen LogP contribution in [0.25, 0.3) is 5.78 Å². The number of fused-ring (bicyclic) bond motifs is 1. The molecular weight excluding hydrogens is 348 g/mol. The van der Waals surface area contributed by atoms with Gasteiger partial charge in [0.05, 0.1) is 17.8 Å². The number of amides is 1. The number of hydrogen-bond acceptors (Lipinski definition) is 6. The van der Waals surface area contributed by atoms with Crippen molar-refractivity contribution in [2.45, 2.75) is 46.2 Å². The zero-order valence-corrected chi connectivity index (χ0v) is 16.7. The number of hydrogen-bond donors (Lipinski definition) is 1. The maximum Gasteiger partial charge on any atom is 0.253 e. The van der Waals surface area contributed by atoms with E-state index in [4.69, 9.17) is 0 Å². The molecule has 0 radical (unpaired) electrons. The van der Waals surface area contributed by atoms with Gasteiger partial charge in [0.2, 0.25) is 11.1 Å². The standard InChI is InChI=1S/C18H22N6OS/c1-9-7-10(2)19-12(4)16(9)21-15(25)8-14-11(3)20-17-22-18(26-6)23-24(17)13(14)5/h7H,8H2,1-6H3,(H,21,25). The number of thioether (sulfide) groups is 1. The van der Waals surface area contributed by atoms with Crippen molar-refractivity contribution in [2.75, 3.05) is 11.6 Å². The van der Waals surface area contributed by atoms with Crippen LogP contribution in [0.2, 0.25) is 0 Å². The fourth-order valence-corrected chi connectivity index (χ4v) is 3.43. The zero-order valence-electron chi connectivity index (χ0n) is 15.8. The van der Waals surface area contributed by atoms with E-state index >= 15 is 0 Å². The van der Waals surface area contributed by atoms with Gasteiger partial charge < -0.3 is 5.32 Å². The van der Waals surface area contributed by atoms with Gasteiger partial charge in [0.25, 0.3) is 5.78 Å². The second kappa shape index (κ2) is 7.03. The van der Waals surface area contributed by atoms with Gasteiger partial charge in [0.15, 0.2) is 0 Å². The Bertz CT molecular complexity index is 988. The van der Waals surface area contributed by atoms with E-state index in [1.54, 1.807) is 4.52 Å².